The van der Waals surface area contributed by atoms with Crippen LogP contribution in [0.25, 0.3) is 22.0 Å². The Morgan fingerprint density at radius 1 is 0.879 bits per heavy atom. The number of aromatic nitrogens is 2. The standard InChI is InChI=1S/C27H26FN3OS/c1-27(2,3)31(17-19-9-5-4-6-10-19)24(32)18-33-26-23-12-8-7-11-22(23)25(29-30-26)20-13-15-21(28)16-14-20/h4-16H,17-18H2,1-3H3. The highest BCUT2D eigenvalue weighted by Gasteiger charge is 2.27. The quantitative estimate of drug-likeness (QED) is 0.315. The summed E-state index contributed by atoms with van der Waals surface area (Å²) in [5.74, 6) is 0.0176. The van der Waals surface area contributed by atoms with E-state index in [2.05, 4.69) is 10.2 Å². The van der Waals surface area contributed by atoms with Crippen LogP contribution in [-0.2, 0) is 11.3 Å². The summed E-state index contributed by atoms with van der Waals surface area (Å²) in [4.78, 5) is 15.1. The molecule has 0 aliphatic rings. The molecular weight excluding hydrogens is 433 g/mol. The fourth-order valence-corrected chi connectivity index (χ4v) is 4.53. The molecule has 1 heterocycles. The number of hydrogen-bond acceptors (Lipinski definition) is 4. The molecule has 6 heteroatoms. The van der Waals surface area contributed by atoms with E-state index in [-0.39, 0.29) is 23.0 Å². The first-order valence-corrected chi connectivity index (χ1v) is 11.8. The van der Waals surface area contributed by atoms with Crippen molar-refractivity contribution in [2.45, 2.75) is 37.9 Å². The van der Waals surface area contributed by atoms with Crippen molar-refractivity contribution in [2.24, 2.45) is 0 Å². The minimum absolute atomic E-state index is 0.0462. The summed E-state index contributed by atoms with van der Waals surface area (Å²) in [6.07, 6.45) is 0. The van der Waals surface area contributed by atoms with E-state index in [4.69, 9.17) is 0 Å². The Labute approximate surface area is 197 Å². The number of halogens is 1. The van der Waals surface area contributed by atoms with E-state index in [1.54, 1.807) is 12.1 Å². The molecule has 0 radical (unpaired) electrons. The first-order chi connectivity index (χ1) is 15.8. The van der Waals surface area contributed by atoms with E-state index in [1.807, 2.05) is 80.3 Å². The first kappa shape index (κ1) is 22.9. The maximum Gasteiger partial charge on any atom is 0.233 e. The molecule has 168 valence electrons. The predicted octanol–water partition coefficient (Wildman–Crippen LogP) is 6.36. The van der Waals surface area contributed by atoms with Crippen molar-refractivity contribution in [3.8, 4) is 11.3 Å². The molecule has 0 N–H and O–H groups in total. The zero-order chi connectivity index (χ0) is 23.4. The number of carbonyl (C=O) groups is 1. The molecule has 1 amide bonds. The number of benzene rings is 3. The minimum Gasteiger partial charge on any atom is -0.333 e. The topological polar surface area (TPSA) is 46.1 Å². The molecule has 0 atom stereocenters. The highest BCUT2D eigenvalue weighted by atomic mass is 32.2. The van der Waals surface area contributed by atoms with Gasteiger partial charge >= 0.3 is 0 Å². The number of amides is 1. The molecule has 1 aromatic heterocycles. The molecule has 0 fully saturated rings. The van der Waals surface area contributed by atoms with Gasteiger partial charge in [-0.15, -0.1) is 10.2 Å². The summed E-state index contributed by atoms with van der Waals surface area (Å²) in [6.45, 7) is 6.70. The molecule has 0 saturated carbocycles. The molecule has 0 aliphatic carbocycles. The molecule has 4 nitrogen and oxygen atoms in total. The van der Waals surface area contributed by atoms with Crippen LogP contribution in [0.3, 0.4) is 0 Å². The maximum absolute atomic E-state index is 13.4. The SMILES string of the molecule is CC(C)(C)N(Cc1ccccc1)C(=O)CSc1nnc(-c2ccc(F)cc2)c2ccccc12. The van der Waals surface area contributed by atoms with Gasteiger partial charge in [0.1, 0.15) is 16.5 Å². The van der Waals surface area contributed by atoms with E-state index in [0.29, 0.717) is 17.3 Å². The van der Waals surface area contributed by atoms with Crippen LogP contribution in [0.1, 0.15) is 26.3 Å². The van der Waals surface area contributed by atoms with Crippen LogP contribution in [0.5, 0.6) is 0 Å². The third kappa shape index (κ3) is 5.40. The Bertz CT molecular complexity index is 1250. The van der Waals surface area contributed by atoms with Gasteiger partial charge in [-0.1, -0.05) is 66.4 Å². The van der Waals surface area contributed by atoms with E-state index >= 15 is 0 Å². The summed E-state index contributed by atoms with van der Waals surface area (Å²) in [5, 5.41) is 11.4. The van der Waals surface area contributed by atoms with E-state index in [0.717, 1.165) is 21.9 Å². The van der Waals surface area contributed by atoms with Crippen molar-refractivity contribution < 1.29 is 9.18 Å². The molecule has 33 heavy (non-hydrogen) atoms. The summed E-state index contributed by atoms with van der Waals surface area (Å²) in [7, 11) is 0. The molecule has 4 aromatic rings. The van der Waals surface area contributed by atoms with Gasteiger partial charge in [-0.25, -0.2) is 4.39 Å². The third-order valence-electron chi connectivity index (χ3n) is 5.40. The van der Waals surface area contributed by atoms with Gasteiger partial charge in [-0.2, -0.15) is 0 Å². The van der Waals surface area contributed by atoms with Crippen LogP contribution in [0.4, 0.5) is 4.39 Å². The fourth-order valence-electron chi connectivity index (χ4n) is 3.68. The van der Waals surface area contributed by atoms with Crippen molar-refractivity contribution in [1.29, 1.82) is 0 Å². The molecule has 0 saturated heterocycles. The lowest BCUT2D eigenvalue weighted by atomic mass is 10.0. The number of hydrogen-bond donors (Lipinski definition) is 0. The van der Waals surface area contributed by atoms with E-state index < -0.39 is 0 Å². The molecular formula is C27H26FN3OS. The second kappa shape index (κ2) is 9.71. The lowest BCUT2D eigenvalue weighted by molar-refractivity contribution is -0.133. The van der Waals surface area contributed by atoms with Crippen LogP contribution in [0.2, 0.25) is 0 Å². The maximum atomic E-state index is 13.4. The Hall–Kier alpha value is -3.25. The highest BCUT2D eigenvalue weighted by Crippen LogP contribution is 2.32. The van der Waals surface area contributed by atoms with Gasteiger partial charge in [0.15, 0.2) is 0 Å². The van der Waals surface area contributed by atoms with Crippen molar-refractivity contribution in [2.75, 3.05) is 5.75 Å². The van der Waals surface area contributed by atoms with Crippen LogP contribution < -0.4 is 0 Å². The minimum atomic E-state index is -0.312. The van der Waals surface area contributed by atoms with Gasteiger partial charge in [0, 0.05) is 28.4 Å². The smallest absolute Gasteiger partial charge is 0.233 e. The van der Waals surface area contributed by atoms with Gasteiger partial charge in [0.2, 0.25) is 5.91 Å². The molecule has 3 aromatic carbocycles. The number of carbonyl (C=O) groups excluding carboxylic acids is 1. The van der Waals surface area contributed by atoms with Crippen LogP contribution in [0, 0.1) is 5.82 Å². The van der Waals surface area contributed by atoms with Gasteiger partial charge in [-0.3, -0.25) is 4.79 Å². The Morgan fingerprint density at radius 2 is 1.52 bits per heavy atom. The lowest BCUT2D eigenvalue weighted by Gasteiger charge is -2.36. The largest absolute Gasteiger partial charge is 0.333 e. The van der Waals surface area contributed by atoms with Crippen molar-refractivity contribution in [1.82, 2.24) is 15.1 Å². The Morgan fingerprint density at radius 3 is 2.18 bits per heavy atom. The molecule has 0 spiro atoms. The number of nitrogens with zero attached hydrogens (tertiary/aromatic N) is 3. The monoisotopic (exact) mass is 459 g/mol. The molecule has 0 unspecified atom stereocenters. The number of rotatable bonds is 6. The predicted molar refractivity (Wildman–Crippen MR) is 132 cm³/mol. The van der Waals surface area contributed by atoms with Crippen molar-refractivity contribution in [3.63, 3.8) is 0 Å². The normalized spacial score (nSPS) is 11.5. The second-order valence-electron chi connectivity index (χ2n) is 8.83. The summed E-state index contributed by atoms with van der Waals surface area (Å²) in [5.41, 5.74) is 2.28. The van der Waals surface area contributed by atoms with Gasteiger partial charge in [0.05, 0.1) is 5.75 Å². The van der Waals surface area contributed by atoms with Gasteiger partial charge < -0.3 is 4.90 Å². The Balaban J connectivity index is 1.58. The highest BCUT2D eigenvalue weighted by molar-refractivity contribution is 8.00. The summed E-state index contributed by atoms with van der Waals surface area (Å²) < 4.78 is 13.4. The second-order valence-corrected chi connectivity index (χ2v) is 9.80. The summed E-state index contributed by atoms with van der Waals surface area (Å²) >= 11 is 1.39. The Kier molecular flexibility index (Phi) is 6.75. The van der Waals surface area contributed by atoms with Crippen molar-refractivity contribution in [3.05, 3.63) is 90.2 Å². The van der Waals surface area contributed by atoms with E-state index in [1.165, 1.54) is 23.9 Å². The van der Waals surface area contributed by atoms with Crippen LogP contribution in [-0.4, -0.2) is 32.3 Å². The van der Waals surface area contributed by atoms with Crippen LogP contribution >= 0.6 is 11.8 Å². The first-order valence-electron chi connectivity index (χ1n) is 10.8. The fraction of sp³-hybridized carbons (Fsp3) is 0.222. The average Bonchev–Trinajstić information content (AvgIpc) is 2.81. The zero-order valence-corrected chi connectivity index (χ0v) is 19.8. The van der Waals surface area contributed by atoms with E-state index in [9.17, 15) is 9.18 Å². The third-order valence-corrected chi connectivity index (χ3v) is 6.36. The van der Waals surface area contributed by atoms with Gasteiger partial charge in [-0.05, 0) is 50.6 Å². The average molecular weight is 460 g/mol. The van der Waals surface area contributed by atoms with Crippen LogP contribution in [0.15, 0.2) is 83.9 Å². The molecule has 0 aliphatic heterocycles. The summed E-state index contributed by atoms with van der Waals surface area (Å²) in [6, 6.07) is 24.1. The lowest BCUT2D eigenvalue weighted by Crippen LogP contribution is -2.45. The zero-order valence-electron chi connectivity index (χ0n) is 19.0. The molecule has 4 rings (SSSR count). The number of thioether (sulfide) groups is 1. The molecule has 0 bridgehead atoms. The van der Waals surface area contributed by atoms with Gasteiger partial charge in [0.25, 0.3) is 0 Å². The number of fused-ring (bicyclic) bond motifs is 1. The van der Waals surface area contributed by atoms with Crippen molar-refractivity contribution >= 4 is 28.4 Å².